The highest BCUT2D eigenvalue weighted by Crippen LogP contribution is 2.23. The average molecular weight is 386 g/mol. The van der Waals surface area contributed by atoms with Crippen molar-refractivity contribution in [3.05, 3.63) is 102 Å². The van der Waals surface area contributed by atoms with Crippen LogP contribution in [0.1, 0.15) is 21.5 Å². The van der Waals surface area contributed by atoms with Crippen LogP contribution in [0.3, 0.4) is 0 Å². The molecule has 6 heteroatoms. The largest absolute Gasteiger partial charge is 0.348 e. The zero-order valence-corrected chi connectivity index (χ0v) is 15.8. The molecule has 0 aliphatic carbocycles. The maximum Gasteiger partial charge on any atom is 0.255 e. The van der Waals surface area contributed by atoms with E-state index in [1.807, 2.05) is 36.4 Å². The monoisotopic (exact) mass is 386 g/mol. The molecule has 2 aromatic carbocycles. The number of hydrogen-bond donors (Lipinski definition) is 1. The van der Waals surface area contributed by atoms with Gasteiger partial charge in [-0.1, -0.05) is 30.3 Å². The first-order chi connectivity index (χ1) is 14.1. The average Bonchev–Trinajstić information content (AvgIpc) is 3.21. The smallest absolute Gasteiger partial charge is 0.255 e. The second-order valence-corrected chi connectivity index (χ2v) is 6.68. The summed E-state index contributed by atoms with van der Waals surface area (Å²) in [5.74, 6) is -0.518. The lowest BCUT2D eigenvalue weighted by Crippen LogP contribution is -2.23. The first kappa shape index (κ1) is 18.6. The highest BCUT2D eigenvalue weighted by atomic mass is 19.1. The van der Waals surface area contributed by atoms with E-state index in [1.165, 1.54) is 6.07 Å². The second-order valence-electron chi connectivity index (χ2n) is 6.68. The molecule has 0 aliphatic rings. The molecule has 144 valence electrons. The van der Waals surface area contributed by atoms with E-state index >= 15 is 0 Å². The minimum atomic E-state index is -0.261. The van der Waals surface area contributed by atoms with Crippen molar-refractivity contribution in [3.63, 3.8) is 0 Å². The molecule has 0 saturated heterocycles. The van der Waals surface area contributed by atoms with Gasteiger partial charge in [-0.2, -0.15) is 5.10 Å². The van der Waals surface area contributed by atoms with E-state index in [1.54, 1.807) is 48.4 Å². The molecule has 0 spiro atoms. The lowest BCUT2D eigenvalue weighted by molar-refractivity contribution is 0.0951. The molecular weight excluding hydrogens is 367 g/mol. The number of hydrogen-bond acceptors (Lipinski definition) is 3. The van der Waals surface area contributed by atoms with E-state index in [4.69, 9.17) is 0 Å². The zero-order valence-electron chi connectivity index (χ0n) is 15.8. The number of benzene rings is 2. The normalized spacial score (nSPS) is 10.7. The van der Waals surface area contributed by atoms with Crippen LogP contribution in [0.15, 0.2) is 79.3 Å². The Morgan fingerprint density at radius 1 is 1.10 bits per heavy atom. The highest BCUT2D eigenvalue weighted by Gasteiger charge is 2.18. The van der Waals surface area contributed by atoms with Gasteiger partial charge in [-0.05, 0) is 48.4 Å². The van der Waals surface area contributed by atoms with Gasteiger partial charge in [-0.3, -0.25) is 9.78 Å². The highest BCUT2D eigenvalue weighted by molar-refractivity contribution is 5.99. The molecule has 1 amide bonds. The van der Waals surface area contributed by atoms with Gasteiger partial charge in [0.1, 0.15) is 11.5 Å². The van der Waals surface area contributed by atoms with Crippen molar-refractivity contribution < 1.29 is 9.18 Å². The van der Waals surface area contributed by atoms with Gasteiger partial charge in [0.25, 0.3) is 5.91 Å². The van der Waals surface area contributed by atoms with Crippen molar-refractivity contribution in [2.45, 2.75) is 13.5 Å². The first-order valence-corrected chi connectivity index (χ1v) is 9.20. The van der Waals surface area contributed by atoms with Gasteiger partial charge in [-0.25, -0.2) is 9.07 Å². The summed E-state index contributed by atoms with van der Waals surface area (Å²) in [4.78, 5) is 17.1. The third kappa shape index (κ3) is 4.06. The topological polar surface area (TPSA) is 59.8 Å². The summed E-state index contributed by atoms with van der Waals surface area (Å²) in [7, 11) is 0. The molecule has 4 rings (SSSR count). The van der Waals surface area contributed by atoms with Crippen LogP contribution in [0, 0.1) is 12.7 Å². The van der Waals surface area contributed by atoms with Gasteiger partial charge < -0.3 is 5.32 Å². The summed E-state index contributed by atoms with van der Waals surface area (Å²) in [5.41, 5.74) is 3.98. The Hall–Kier alpha value is -3.80. The molecule has 0 saturated carbocycles. The van der Waals surface area contributed by atoms with Gasteiger partial charge >= 0.3 is 0 Å². The van der Waals surface area contributed by atoms with Crippen LogP contribution >= 0.6 is 0 Å². The number of carbonyl (C=O) groups excluding carboxylic acids is 1. The molecule has 0 bridgehead atoms. The van der Waals surface area contributed by atoms with E-state index in [-0.39, 0.29) is 11.7 Å². The molecule has 0 unspecified atom stereocenters. The molecule has 5 nitrogen and oxygen atoms in total. The number of pyridine rings is 1. The van der Waals surface area contributed by atoms with Crippen molar-refractivity contribution in [1.82, 2.24) is 20.1 Å². The van der Waals surface area contributed by atoms with Crippen molar-refractivity contribution in [3.8, 4) is 16.9 Å². The number of halogens is 1. The lowest BCUT2D eigenvalue weighted by Gasteiger charge is -2.07. The second kappa shape index (κ2) is 8.06. The molecule has 0 radical (unpaired) electrons. The van der Waals surface area contributed by atoms with E-state index in [0.29, 0.717) is 23.4 Å². The van der Waals surface area contributed by atoms with Gasteiger partial charge in [0.15, 0.2) is 0 Å². The fraction of sp³-hybridized carbons (Fsp3) is 0.0870. The van der Waals surface area contributed by atoms with Crippen molar-refractivity contribution in [1.29, 1.82) is 0 Å². The number of aryl methyl sites for hydroxylation is 1. The third-order valence-corrected chi connectivity index (χ3v) is 4.59. The number of nitrogens with zero attached hydrogens (tertiary/aromatic N) is 3. The molecule has 0 atom stereocenters. The molecular formula is C23H19FN4O. The van der Waals surface area contributed by atoms with Crippen LogP contribution in [0.25, 0.3) is 16.9 Å². The molecule has 4 aromatic rings. The predicted octanol–water partition coefficient (Wildman–Crippen LogP) is 4.31. The van der Waals surface area contributed by atoms with Crippen molar-refractivity contribution >= 4 is 5.91 Å². The van der Waals surface area contributed by atoms with E-state index < -0.39 is 0 Å². The predicted molar refractivity (Wildman–Crippen MR) is 109 cm³/mol. The van der Waals surface area contributed by atoms with Crippen LogP contribution in [-0.4, -0.2) is 20.7 Å². The Bertz CT molecular complexity index is 1140. The Morgan fingerprint density at radius 3 is 2.66 bits per heavy atom. The summed E-state index contributed by atoms with van der Waals surface area (Å²) in [6.45, 7) is 1.99. The van der Waals surface area contributed by atoms with Gasteiger partial charge in [0, 0.05) is 30.7 Å². The van der Waals surface area contributed by atoms with Crippen LogP contribution in [0.2, 0.25) is 0 Å². The van der Waals surface area contributed by atoms with Crippen LogP contribution in [0.5, 0.6) is 0 Å². The van der Waals surface area contributed by atoms with Crippen LogP contribution in [-0.2, 0) is 6.54 Å². The number of para-hydroxylation sites is 1. The summed E-state index contributed by atoms with van der Waals surface area (Å²) >= 11 is 0. The van der Waals surface area contributed by atoms with Crippen LogP contribution in [0.4, 0.5) is 4.39 Å². The third-order valence-electron chi connectivity index (χ3n) is 4.59. The number of nitrogens with one attached hydrogen (secondary N) is 1. The van der Waals surface area contributed by atoms with E-state index in [0.717, 1.165) is 16.8 Å². The van der Waals surface area contributed by atoms with Gasteiger partial charge in [0.05, 0.1) is 11.3 Å². The van der Waals surface area contributed by atoms with E-state index in [2.05, 4.69) is 15.4 Å². The van der Waals surface area contributed by atoms with Crippen molar-refractivity contribution in [2.75, 3.05) is 0 Å². The zero-order chi connectivity index (χ0) is 20.2. The van der Waals surface area contributed by atoms with Gasteiger partial charge in [0.2, 0.25) is 0 Å². The SMILES string of the molecule is Cc1cc(CNC(=O)c2cn(-c3ccccc3)nc2-c2cccnc2)ccc1F. The number of aromatic nitrogens is 3. The molecule has 29 heavy (non-hydrogen) atoms. The Labute approximate surface area is 167 Å². The minimum Gasteiger partial charge on any atom is -0.348 e. The quantitative estimate of drug-likeness (QED) is 0.556. The summed E-state index contributed by atoms with van der Waals surface area (Å²) < 4.78 is 15.1. The fourth-order valence-electron chi connectivity index (χ4n) is 3.06. The number of carbonyl (C=O) groups is 1. The lowest BCUT2D eigenvalue weighted by atomic mass is 10.1. The minimum absolute atomic E-state index is 0.256. The number of rotatable bonds is 5. The Balaban J connectivity index is 1.65. The molecule has 0 aliphatic heterocycles. The molecule has 0 fully saturated rings. The first-order valence-electron chi connectivity index (χ1n) is 9.20. The Morgan fingerprint density at radius 2 is 1.93 bits per heavy atom. The maximum absolute atomic E-state index is 13.5. The fourth-order valence-corrected chi connectivity index (χ4v) is 3.06. The molecule has 2 heterocycles. The Kier molecular flexibility index (Phi) is 5.16. The molecule has 1 N–H and O–H groups in total. The van der Waals surface area contributed by atoms with Crippen molar-refractivity contribution in [2.24, 2.45) is 0 Å². The van der Waals surface area contributed by atoms with Crippen LogP contribution < -0.4 is 5.32 Å². The maximum atomic E-state index is 13.5. The summed E-state index contributed by atoms with van der Waals surface area (Å²) in [5, 5.41) is 7.52. The summed E-state index contributed by atoms with van der Waals surface area (Å²) in [6, 6.07) is 18.1. The summed E-state index contributed by atoms with van der Waals surface area (Å²) in [6.07, 6.45) is 5.06. The number of amides is 1. The molecule has 2 aromatic heterocycles. The van der Waals surface area contributed by atoms with Gasteiger partial charge in [-0.15, -0.1) is 0 Å². The standard InChI is InChI=1S/C23H19FN4O/c1-16-12-17(9-10-21(16)24)13-26-23(29)20-15-28(19-7-3-2-4-8-19)27-22(20)18-6-5-11-25-14-18/h2-12,14-15H,13H2,1H3,(H,26,29). The van der Waals surface area contributed by atoms with E-state index in [9.17, 15) is 9.18 Å².